The molecule has 4 aromatic rings. The molecule has 0 spiro atoms. The largest absolute Gasteiger partial charge is 0.495 e. The minimum absolute atomic E-state index is 0.105. The lowest BCUT2D eigenvalue weighted by Crippen LogP contribution is -2.47. The number of fused-ring (bicyclic) bond motifs is 1. The van der Waals surface area contributed by atoms with Crippen LogP contribution in [0.2, 0.25) is 0 Å². The normalized spacial score (nSPS) is 14.3. The number of carbonyl (C=O) groups excluding carboxylic acids is 1. The van der Waals surface area contributed by atoms with Crippen LogP contribution in [0.5, 0.6) is 5.75 Å². The van der Waals surface area contributed by atoms with Crippen molar-refractivity contribution >= 4 is 22.6 Å². The summed E-state index contributed by atoms with van der Waals surface area (Å²) in [5, 5.41) is 3.16. The number of nitrogens with one attached hydrogen (secondary N) is 1. The molecule has 0 atom stereocenters. The number of nitrogens with zero attached hydrogens (tertiary/aromatic N) is 2. The third-order valence-corrected chi connectivity index (χ3v) is 7.60. The molecular weight excluding hydrogens is 547 g/mol. The van der Waals surface area contributed by atoms with E-state index in [9.17, 15) is 22.8 Å². The fraction of sp³-hybridized carbons (Fsp3) is 0.312. The fourth-order valence-electron chi connectivity index (χ4n) is 5.28. The van der Waals surface area contributed by atoms with Gasteiger partial charge in [0.2, 0.25) is 0 Å². The number of hydrogen-bond donors (Lipinski definition) is 1. The molecule has 1 aliphatic heterocycles. The molecule has 1 N–H and O–H groups in total. The second-order valence-corrected chi connectivity index (χ2v) is 10.3. The number of halogens is 3. The Bertz CT molecular complexity index is 1630. The number of carbonyl (C=O) groups is 1. The Morgan fingerprint density at radius 2 is 1.69 bits per heavy atom. The van der Waals surface area contributed by atoms with E-state index in [0.29, 0.717) is 12.1 Å². The molecule has 0 radical (unpaired) electrons. The molecule has 1 aliphatic rings. The molecule has 1 amide bonds. The highest BCUT2D eigenvalue weighted by Gasteiger charge is 2.30. The van der Waals surface area contributed by atoms with Gasteiger partial charge in [0.15, 0.2) is 11.0 Å². The van der Waals surface area contributed by atoms with E-state index in [1.807, 2.05) is 18.2 Å². The molecule has 3 aromatic carbocycles. The summed E-state index contributed by atoms with van der Waals surface area (Å²) in [6, 6.07) is 17.2. The number of amides is 1. The van der Waals surface area contributed by atoms with E-state index in [2.05, 4.69) is 21.2 Å². The quantitative estimate of drug-likeness (QED) is 0.269. The number of methoxy groups -OCH3 is 1. The summed E-state index contributed by atoms with van der Waals surface area (Å²) in [4.78, 5) is 30.9. The van der Waals surface area contributed by atoms with Crippen molar-refractivity contribution in [2.75, 3.05) is 51.3 Å². The summed E-state index contributed by atoms with van der Waals surface area (Å²) < 4.78 is 50.6. The second-order valence-electron chi connectivity index (χ2n) is 10.3. The first-order valence-corrected chi connectivity index (χ1v) is 13.8. The van der Waals surface area contributed by atoms with Gasteiger partial charge in [-0.15, -0.1) is 0 Å². The number of anilines is 1. The number of ether oxygens (including phenoxy) is 1. The van der Waals surface area contributed by atoms with Gasteiger partial charge in [0.1, 0.15) is 11.5 Å². The van der Waals surface area contributed by atoms with Crippen molar-refractivity contribution in [1.29, 1.82) is 0 Å². The topological polar surface area (TPSA) is 75.0 Å². The molecule has 1 saturated heterocycles. The molecule has 42 heavy (non-hydrogen) atoms. The van der Waals surface area contributed by atoms with Crippen LogP contribution in [0.3, 0.4) is 0 Å². The predicted octanol–water partition coefficient (Wildman–Crippen LogP) is 5.74. The Morgan fingerprint density at radius 1 is 0.976 bits per heavy atom. The van der Waals surface area contributed by atoms with Crippen molar-refractivity contribution in [3.8, 4) is 17.1 Å². The highest BCUT2D eigenvalue weighted by Crippen LogP contribution is 2.33. The molecule has 0 bridgehead atoms. The van der Waals surface area contributed by atoms with Gasteiger partial charge in [0, 0.05) is 43.9 Å². The molecule has 0 aliphatic carbocycles. The van der Waals surface area contributed by atoms with E-state index in [4.69, 9.17) is 9.15 Å². The average Bonchev–Trinajstić information content (AvgIpc) is 3.00. The van der Waals surface area contributed by atoms with E-state index in [0.717, 1.165) is 62.7 Å². The average molecular weight is 580 g/mol. The number of piperazine rings is 1. The molecule has 2 heterocycles. The van der Waals surface area contributed by atoms with Crippen molar-refractivity contribution < 1.29 is 27.1 Å². The Morgan fingerprint density at radius 3 is 2.38 bits per heavy atom. The minimum atomic E-state index is -4.48. The Balaban J connectivity index is 1.22. The van der Waals surface area contributed by atoms with Gasteiger partial charge in [-0.05, 0) is 56.3 Å². The maximum atomic E-state index is 13.1. The van der Waals surface area contributed by atoms with Gasteiger partial charge in [-0.2, -0.15) is 13.2 Å². The van der Waals surface area contributed by atoms with Crippen LogP contribution in [0, 0.1) is 6.92 Å². The highest BCUT2D eigenvalue weighted by atomic mass is 19.4. The first-order chi connectivity index (χ1) is 20.2. The third-order valence-electron chi connectivity index (χ3n) is 7.60. The molecule has 5 rings (SSSR count). The summed E-state index contributed by atoms with van der Waals surface area (Å²) in [5.74, 6) is 0.611. The lowest BCUT2D eigenvalue weighted by Gasteiger charge is -2.36. The number of hydrogen-bond acceptors (Lipinski definition) is 6. The Kier molecular flexibility index (Phi) is 8.54. The molecule has 7 nitrogen and oxygen atoms in total. The SMILES string of the molecule is COc1ccccc1N1CCN(CCCNC(=O)c2cccc3c(=O)c(C)c(-c4ccc(C(F)(F)F)cc4)oc23)CC1. The van der Waals surface area contributed by atoms with E-state index >= 15 is 0 Å². The molecular formula is C32H32F3N3O4. The molecule has 1 aromatic heterocycles. The van der Waals surface area contributed by atoms with Crippen LogP contribution >= 0.6 is 0 Å². The third kappa shape index (κ3) is 6.13. The first-order valence-electron chi connectivity index (χ1n) is 13.8. The highest BCUT2D eigenvalue weighted by molar-refractivity contribution is 6.05. The van der Waals surface area contributed by atoms with Gasteiger partial charge in [-0.1, -0.05) is 30.3 Å². The lowest BCUT2D eigenvalue weighted by molar-refractivity contribution is -0.137. The molecule has 1 fully saturated rings. The molecule has 220 valence electrons. The van der Waals surface area contributed by atoms with E-state index < -0.39 is 11.7 Å². The number of rotatable bonds is 8. The van der Waals surface area contributed by atoms with Crippen molar-refractivity contribution in [2.45, 2.75) is 19.5 Å². The van der Waals surface area contributed by atoms with E-state index in [1.54, 1.807) is 32.2 Å². The monoisotopic (exact) mass is 579 g/mol. The maximum Gasteiger partial charge on any atom is 0.416 e. The van der Waals surface area contributed by atoms with Crippen LogP contribution in [0.15, 0.2) is 75.9 Å². The summed E-state index contributed by atoms with van der Waals surface area (Å²) >= 11 is 0. The smallest absolute Gasteiger partial charge is 0.416 e. The van der Waals surface area contributed by atoms with Crippen LogP contribution in [0.25, 0.3) is 22.3 Å². The summed E-state index contributed by atoms with van der Waals surface area (Å²) in [5.41, 5.74) is 0.825. The number of para-hydroxylation sites is 3. The van der Waals surface area contributed by atoms with Crippen molar-refractivity contribution in [1.82, 2.24) is 10.2 Å². The predicted molar refractivity (Wildman–Crippen MR) is 156 cm³/mol. The van der Waals surface area contributed by atoms with Crippen molar-refractivity contribution in [3.63, 3.8) is 0 Å². The molecule has 0 unspecified atom stereocenters. The van der Waals surface area contributed by atoms with E-state index in [1.165, 1.54) is 12.1 Å². The zero-order chi connectivity index (χ0) is 29.9. The summed E-state index contributed by atoms with van der Waals surface area (Å²) in [6.45, 7) is 6.36. The zero-order valence-electron chi connectivity index (χ0n) is 23.5. The van der Waals surface area contributed by atoms with Crippen LogP contribution in [-0.4, -0.2) is 57.2 Å². The van der Waals surface area contributed by atoms with Gasteiger partial charge in [0.05, 0.1) is 29.3 Å². The number of alkyl halides is 3. The fourth-order valence-corrected chi connectivity index (χ4v) is 5.28. The first kappa shape index (κ1) is 29.2. The minimum Gasteiger partial charge on any atom is -0.495 e. The van der Waals surface area contributed by atoms with Gasteiger partial charge < -0.3 is 19.4 Å². The number of benzene rings is 3. The van der Waals surface area contributed by atoms with Gasteiger partial charge in [0.25, 0.3) is 5.91 Å². The summed E-state index contributed by atoms with van der Waals surface area (Å²) in [7, 11) is 1.68. The van der Waals surface area contributed by atoms with Crippen molar-refractivity contribution in [2.24, 2.45) is 0 Å². The molecule has 10 heteroatoms. The van der Waals surface area contributed by atoms with Gasteiger partial charge in [-0.3, -0.25) is 14.5 Å². The van der Waals surface area contributed by atoms with Gasteiger partial charge >= 0.3 is 6.18 Å². The maximum absolute atomic E-state index is 13.1. The standard InChI is InChI=1S/C32H32F3N3O4/c1-21-28(39)24-7-5-8-25(30(24)42-29(21)22-11-13-23(14-12-22)32(33,34)35)31(40)36-15-6-16-37-17-19-38(20-18-37)26-9-3-4-10-27(26)41-2/h3-5,7-14H,6,15-20H2,1-2H3,(H,36,40). The van der Waals surface area contributed by atoms with Crippen LogP contribution in [-0.2, 0) is 6.18 Å². The summed E-state index contributed by atoms with van der Waals surface area (Å²) in [6.07, 6.45) is -3.74. The van der Waals surface area contributed by atoms with Crippen LogP contribution in [0.1, 0.15) is 27.9 Å². The second kappa shape index (κ2) is 12.3. The van der Waals surface area contributed by atoms with Crippen molar-refractivity contribution in [3.05, 3.63) is 93.6 Å². The Labute approximate surface area is 241 Å². The van der Waals surface area contributed by atoms with Crippen LogP contribution < -0.4 is 20.4 Å². The van der Waals surface area contributed by atoms with Crippen LogP contribution in [0.4, 0.5) is 18.9 Å². The Hall–Kier alpha value is -4.31. The van der Waals surface area contributed by atoms with E-state index in [-0.39, 0.29) is 39.2 Å². The molecule has 0 saturated carbocycles. The van der Waals surface area contributed by atoms with Gasteiger partial charge in [-0.25, -0.2) is 0 Å². The zero-order valence-corrected chi connectivity index (χ0v) is 23.5. The lowest BCUT2D eigenvalue weighted by atomic mass is 10.0.